The summed E-state index contributed by atoms with van der Waals surface area (Å²) in [7, 11) is 0. The standard InChI is InChI=1S/C12H24O.C11H22O.C10H20O.C9H18O.C8H16O.C7H14O.C6H12O.C5H10O.C4H8O.C3H6O.11CH4/c1-3-4-5-6-7-8-9-10-11-12(2)13;1-3-4-5-6-7-8-9-10-11(2)12;1-3-4-5-6-7-8-9-10(2)11;1-3-4-5-6-7-8-9(2)10;1-3-4-5-6-7-8(2)9;1-3-4-5-6-7(2)8;1-3-4-5-6(2)7;1-3-4-5(2)6;1-3-4(2)5;1-3(2)4;;;;;;;;;;;/h3-11H2,1-2H3;3-10H2,1-2H3;3-9H2,1-2H3;3-8H2,1-2H3;3-7H2,1-2H3;3-6H2,1-2H3;3-5H2,1-2H3;3-4H2,1-2H3;3H2,1-2H3;1-2H3;11*1H4. The number of Topliss-reactive ketones (excluding diaryl/α,β-unsaturated/α-hetero) is 10. The number of hydrogen-bond acceptors (Lipinski definition) is 10. The maximum atomic E-state index is 10.6. The number of carbonyl (C=O) groups is 10. The Hall–Kier alpha value is -3.30. The summed E-state index contributed by atoms with van der Waals surface area (Å²) in [6.45, 7) is 37.0. The summed E-state index contributed by atoms with van der Waals surface area (Å²) >= 11 is 0. The Morgan fingerprint density at radius 3 is 0.354 bits per heavy atom. The third kappa shape index (κ3) is 284. The van der Waals surface area contributed by atoms with Gasteiger partial charge in [-0.15, -0.1) is 0 Å². The SMILES string of the molecule is C.C.C.C.C.C.C.C.C.C.C.CC(C)=O.CCC(C)=O.CCCC(C)=O.CCCCC(C)=O.CCCCCC(C)=O.CCCCCCC(C)=O.CCCCCCCC(C)=O.CCCCCCCCC(C)=O.CCCCCCCCCC(C)=O.CCCCCCCCCCC(C)=O. The first-order chi connectivity index (χ1) is 40.2. The first-order valence-corrected chi connectivity index (χ1v) is 35.1. The second kappa shape index (κ2) is 147. The fraction of sp³-hybridized carbons (Fsp3) is 0.884. The molecule has 0 bridgehead atoms. The van der Waals surface area contributed by atoms with Crippen molar-refractivity contribution in [2.24, 2.45) is 0 Å². The predicted octanol–water partition coefficient (Wildman–Crippen LogP) is 30.5. The van der Waals surface area contributed by atoms with Crippen LogP contribution in [-0.4, -0.2) is 57.8 Å². The average Bonchev–Trinajstić information content (AvgIpc) is 3.42. The highest BCUT2D eigenvalue weighted by Crippen LogP contribution is 2.11. The van der Waals surface area contributed by atoms with E-state index in [1.807, 2.05) is 13.8 Å². The highest BCUT2D eigenvalue weighted by Gasteiger charge is 1.97. The average molecular weight is 1390 g/mol. The van der Waals surface area contributed by atoms with Crippen LogP contribution in [0.5, 0.6) is 0 Å². The van der Waals surface area contributed by atoms with Crippen molar-refractivity contribution in [3.63, 3.8) is 0 Å². The van der Waals surface area contributed by atoms with E-state index < -0.39 is 0 Å². The molecule has 96 heavy (non-hydrogen) atoms. The summed E-state index contributed by atoms with van der Waals surface area (Å²) in [5, 5.41) is 0. The summed E-state index contributed by atoms with van der Waals surface area (Å²) in [5.41, 5.74) is 0. The molecule has 10 nitrogen and oxygen atoms in total. The van der Waals surface area contributed by atoms with Gasteiger partial charge in [-0.1, -0.05) is 324 Å². The smallest absolute Gasteiger partial charge is 0.129 e. The highest BCUT2D eigenvalue weighted by atomic mass is 16.2. The van der Waals surface area contributed by atoms with Crippen molar-refractivity contribution in [2.75, 3.05) is 0 Å². The van der Waals surface area contributed by atoms with Gasteiger partial charge in [-0.05, 0) is 128 Å². The minimum absolute atomic E-state index is 0. The van der Waals surface area contributed by atoms with Crippen molar-refractivity contribution in [1.82, 2.24) is 0 Å². The Bertz CT molecular complexity index is 1410. The van der Waals surface area contributed by atoms with Gasteiger partial charge in [-0.25, -0.2) is 0 Å². The van der Waals surface area contributed by atoms with Gasteiger partial charge in [-0.2, -0.15) is 0 Å². The lowest BCUT2D eigenvalue weighted by atomic mass is 10.1. The van der Waals surface area contributed by atoms with Crippen LogP contribution in [0.15, 0.2) is 0 Å². The molecule has 0 spiro atoms. The maximum Gasteiger partial charge on any atom is 0.129 e. The van der Waals surface area contributed by atoms with Crippen molar-refractivity contribution in [3.8, 4) is 0 Å². The first-order valence-electron chi connectivity index (χ1n) is 35.1. The topological polar surface area (TPSA) is 171 Å². The van der Waals surface area contributed by atoms with E-state index in [0.717, 1.165) is 109 Å². The van der Waals surface area contributed by atoms with E-state index in [2.05, 4.69) is 48.5 Å². The highest BCUT2D eigenvalue weighted by molar-refractivity contribution is 5.77. The molecule has 0 aliphatic heterocycles. The van der Waals surface area contributed by atoms with Gasteiger partial charge in [0.1, 0.15) is 57.8 Å². The molecule has 0 amide bonds. The fourth-order valence-corrected chi connectivity index (χ4v) is 7.17. The Labute approximate surface area is 611 Å². The molecule has 0 aromatic carbocycles. The minimum Gasteiger partial charge on any atom is -0.300 e. The largest absolute Gasteiger partial charge is 0.300 e. The lowest BCUT2D eigenvalue weighted by molar-refractivity contribution is -0.117. The lowest BCUT2D eigenvalue weighted by Crippen LogP contribution is -1.89. The molecular formula is C86H194O10. The summed E-state index contributed by atoms with van der Waals surface area (Å²) < 4.78 is 0. The quantitative estimate of drug-likeness (QED) is 0.0535. The van der Waals surface area contributed by atoms with E-state index in [1.54, 1.807) is 62.3 Å². The van der Waals surface area contributed by atoms with Crippen LogP contribution in [-0.2, 0) is 47.9 Å². The van der Waals surface area contributed by atoms with Crippen molar-refractivity contribution in [3.05, 3.63) is 0 Å². The number of unbranched alkanes of at least 4 members (excludes halogenated alkanes) is 28. The number of rotatable bonds is 45. The summed E-state index contributed by atoms with van der Waals surface area (Å²) in [6.07, 6.45) is 51.7. The molecule has 0 aliphatic carbocycles. The molecule has 0 aromatic heterocycles. The molecule has 0 aliphatic rings. The van der Waals surface area contributed by atoms with Crippen LogP contribution >= 0.6 is 0 Å². The van der Waals surface area contributed by atoms with Crippen LogP contribution in [0.4, 0.5) is 0 Å². The van der Waals surface area contributed by atoms with Gasteiger partial charge in [-0.3, -0.25) is 0 Å². The van der Waals surface area contributed by atoms with Crippen LogP contribution in [0.3, 0.4) is 0 Å². The Kier molecular flexibility index (Phi) is 232. The van der Waals surface area contributed by atoms with E-state index in [0.29, 0.717) is 46.9 Å². The maximum absolute atomic E-state index is 10.6. The first kappa shape index (κ1) is 152. The summed E-state index contributed by atoms with van der Waals surface area (Å²) in [5.74, 6) is 3.00. The molecule has 0 radical (unpaired) electrons. The zero-order valence-corrected chi connectivity index (χ0v) is 60.9. The molecule has 0 saturated carbocycles. The van der Waals surface area contributed by atoms with Crippen LogP contribution in [0.25, 0.3) is 0 Å². The van der Waals surface area contributed by atoms with Gasteiger partial charge in [0.25, 0.3) is 0 Å². The normalized spacial score (nSPS) is 8.33. The van der Waals surface area contributed by atoms with Gasteiger partial charge in [0.2, 0.25) is 0 Å². The van der Waals surface area contributed by atoms with Gasteiger partial charge in [0, 0.05) is 57.8 Å². The third-order valence-corrected chi connectivity index (χ3v) is 12.5. The van der Waals surface area contributed by atoms with Crippen LogP contribution in [0.2, 0.25) is 0 Å². The lowest BCUT2D eigenvalue weighted by Gasteiger charge is -1.99. The van der Waals surface area contributed by atoms with E-state index >= 15 is 0 Å². The zero-order valence-electron chi connectivity index (χ0n) is 60.9. The summed E-state index contributed by atoms with van der Waals surface area (Å²) in [6, 6.07) is 0. The molecule has 0 atom stereocenters. The Balaban J connectivity index is -0.0000000343. The van der Waals surface area contributed by atoms with Crippen molar-refractivity contribution in [1.29, 1.82) is 0 Å². The second-order valence-corrected chi connectivity index (χ2v) is 23.5. The van der Waals surface area contributed by atoms with Crippen LogP contribution < -0.4 is 0 Å². The molecule has 0 saturated heterocycles. The van der Waals surface area contributed by atoms with Crippen molar-refractivity contribution < 1.29 is 47.9 Å². The van der Waals surface area contributed by atoms with E-state index in [4.69, 9.17) is 0 Å². The molecule has 0 rings (SSSR count). The monoisotopic (exact) mass is 1390 g/mol. The molecule has 0 aromatic rings. The molecule has 0 unspecified atom stereocenters. The molecule has 0 fully saturated rings. The van der Waals surface area contributed by atoms with Crippen molar-refractivity contribution >= 4 is 57.8 Å². The number of carbonyl (C=O) groups excluding carboxylic acids is 10. The molecule has 0 heterocycles. The Morgan fingerprint density at radius 1 is 0.146 bits per heavy atom. The number of ketones is 10. The van der Waals surface area contributed by atoms with Gasteiger partial charge in [0.05, 0.1) is 0 Å². The minimum atomic E-state index is 0. The second-order valence-electron chi connectivity index (χ2n) is 23.5. The van der Waals surface area contributed by atoms with Crippen molar-refractivity contribution in [2.45, 2.75) is 509 Å². The summed E-state index contributed by atoms with van der Waals surface area (Å²) in [4.78, 5) is 102. The van der Waals surface area contributed by atoms with Crippen LogP contribution in [0, 0.1) is 0 Å². The van der Waals surface area contributed by atoms with E-state index in [-0.39, 0.29) is 99.0 Å². The van der Waals surface area contributed by atoms with E-state index in [1.165, 1.54) is 187 Å². The van der Waals surface area contributed by atoms with Gasteiger partial charge in [0.15, 0.2) is 0 Å². The third-order valence-electron chi connectivity index (χ3n) is 12.5. The predicted molar refractivity (Wildman–Crippen MR) is 445 cm³/mol. The van der Waals surface area contributed by atoms with Gasteiger partial charge < -0.3 is 47.9 Å². The molecule has 0 N–H and O–H groups in total. The van der Waals surface area contributed by atoms with Crippen LogP contribution in [0.1, 0.15) is 509 Å². The Morgan fingerprint density at radius 2 is 0.250 bits per heavy atom. The zero-order chi connectivity index (χ0) is 67.6. The number of hydrogen-bond donors (Lipinski definition) is 0. The van der Waals surface area contributed by atoms with E-state index in [9.17, 15) is 47.9 Å². The molecular weight excluding hydrogens is 1190 g/mol. The molecule has 10 heteroatoms. The van der Waals surface area contributed by atoms with Gasteiger partial charge >= 0.3 is 0 Å². The fourth-order valence-electron chi connectivity index (χ4n) is 7.17. The molecule has 598 valence electrons.